The number of nitrogens with one attached hydrogen (secondary N) is 1. The second-order valence-electron chi connectivity index (χ2n) is 5.03. The van der Waals surface area contributed by atoms with Crippen LogP contribution < -0.4 is 11.1 Å². The van der Waals surface area contributed by atoms with Crippen LogP contribution in [0.2, 0.25) is 0 Å². The van der Waals surface area contributed by atoms with Gasteiger partial charge in [0.15, 0.2) is 0 Å². The smallest absolute Gasteiger partial charge is 0.223 e. The van der Waals surface area contributed by atoms with E-state index >= 15 is 0 Å². The Morgan fingerprint density at radius 3 is 2.82 bits per heavy atom. The number of hydrogen-bond acceptors (Lipinski definition) is 3. The van der Waals surface area contributed by atoms with Crippen LogP contribution in [0.3, 0.4) is 0 Å². The fourth-order valence-electron chi connectivity index (χ4n) is 2.53. The third kappa shape index (κ3) is 4.64. The van der Waals surface area contributed by atoms with Gasteiger partial charge in [-0.1, -0.05) is 19.8 Å². The Bertz CT molecular complexity index is 233. The van der Waals surface area contributed by atoms with Crippen LogP contribution in [0.4, 0.5) is 0 Å². The van der Waals surface area contributed by atoms with Crippen LogP contribution >= 0.6 is 0 Å². The zero-order valence-electron chi connectivity index (χ0n) is 10.8. The predicted molar refractivity (Wildman–Crippen MR) is 68.4 cm³/mol. The lowest BCUT2D eigenvalue weighted by atomic mass is 9.79. The van der Waals surface area contributed by atoms with Gasteiger partial charge in [0.05, 0.1) is 6.10 Å². The Balaban J connectivity index is 2.30. The molecule has 3 atom stereocenters. The van der Waals surface area contributed by atoms with Crippen LogP contribution in [0.15, 0.2) is 0 Å². The average molecular weight is 242 g/mol. The van der Waals surface area contributed by atoms with Crippen LogP contribution in [0.1, 0.15) is 45.4 Å². The number of aliphatic hydroxyl groups excluding tert-OH is 1. The zero-order valence-corrected chi connectivity index (χ0v) is 10.8. The molecule has 0 saturated heterocycles. The van der Waals surface area contributed by atoms with E-state index in [1.54, 1.807) is 0 Å². The first-order valence-electron chi connectivity index (χ1n) is 6.84. The molecule has 0 aromatic rings. The number of carbonyl (C=O) groups excluding carboxylic acids is 1. The van der Waals surface area contributed by atoms with E-state index < -0.39 is 0 Å². The van der Waals surface area contributed by atoms with Gasteiger partial charge in [-0.05, 0) is 38.1 Å². The second-order valence-corrected chi connectivity index (χ2v) is 5.03. The highest BCUT2D eigenvalue weighted by Gasteiger charge is 2.29. The Hall–Kier alpha value is -0.610. The molecule has 1 saturated carbocycles. The van der Waals surface area contributed by atoms with E-state index in [4.69, 9.17) is 5.73 Å². The van der Waals surface area contributed by atoms with Crippen molar-refractivity contribution in [1.82, 2.24) is 5.32 Å². The molecule has 0 radical (unpaired) electrons. The van der Waals surface area contributed by atoms with E-state index in [2.05, 4.69) is 5.32 Å². The third-order valence-electron chi connectivity index (χ3n) is 3.80. The Labute approximate surface area is 104 Å². The van der Waals surface area contributed by atoms with E-state index in [-0.39, 0.29) is 17.9 Å². The first-order valence-corrected chi connectivity index (χ1v) is 6.84. The fourth-order valence-corrected chi connectivity index (χ4v) is 2.53. The maximum Gasteiger partial charge on any atom is 0.223 e. The van der Waals surface area contributed by atoms with Gasteiger partial charge in [-0.2, -0.15) is 0 Å². The SMILES string of the molecule is CCC(O)CCNC(=O)C1CCCCC1CN. The largest absolute Gasteiger partial charge is 0.393 e. The highest BCUT2D eigenvalue weighted by atomic mass is 16.3. The minimum absolute atomic E-state index is 0.0903. The van der Waals surface area contributed by atoms with Crippen LogP contribution in [0.25, 0.3) is 0 Å². The van der Waals surface area contributed by atoms with Crippen molar-refractivity contribution in [3.8, 4) is 0 Å². The van der Waals surface area contributed by atoms with Gasteiger partial charge < -0.3 is 16.2 Å². The average Bonchev–Trinajstić information content (AvgIpc) is 2.38. The minimum Gasteiger partial charge on any atom is -0.393 e. The third-order valence-corrected chi connectivity index (χ3v) is 3.80. The maximum atomic E-state index is 12.0. The van der Waals surface area contributed by atoms with Crippen LogP contribution in [0.5, 0.6) is 0 Å². The molecular weight excluding hydrogens is 216 g/mol. The lowest BCUT2D eigenvalue weighted by Gasteiger charge is -2.29. The van der Waals surface area contributed by atoms with Gasteiger partial charge in [0.2, 0.25) is 5.91 Å². The minimum atomic E-state index is -0.299. The van der Waals surface area contributed by atoms with Gasteiger partial charge >= 0.3 is 0 Å². The Morgan fingerprint density at radius 2 is 2.18 bits per heavy atom. The molecule has 17 heavy (non-hydrogen) atoms. The van der Waals surface area contributed by atoms with Crippen molar-refractivity contribution < 1.29 is 9.90 Å². The molecular formula is C13H26N2O2. The van der Waals surface area contributed by atoms with E-state index in [9.17, 15) is 9.90 Å². The van der Waals surface area contributed by atoms with Gasteiger partial charge in [0.1, 0.15) is 0 Å². The monoisotopic (exact) mass is 242 g/mol. The van der Waals surface area contributed by atoms with E-state index in [1.807, 2.05) is 6.92 Å². The molecule has 0 aromatic heterocycles. The summed E-state index contributed by atoms with van der Waals surface area (Å²) >= 11 is 0. The lowest BCUT2D eigenvalue weighted by molar-refractivity contribution is -0.127. The van der Waals surface area contributed by atoms with Crippen molar-refractivity contribution in [1.29, 1.82) is 0 Å². The van der Waals surface area contributed by atoms with E-state index in [0.29, 0.717) is 25.4 Å². The molecule has 1 amide bonds. The zero-order chi connectivity index (χ0) is 12.7. The van der Waals surface area contributed by atoms with Gasteiger partial charge in [-0.15, -0.1) is 0 Å². The van der Waals surface area contributed by atoms with E-state index in [1.165, 1.54) is 6.42 Å². The number of carbonyl (C=O) groups is 1. The number of rotatable bonds is 6. The van der Waals surface area contributed by atoms with Crippen molar-refractivity contribution >= 4 is 5.91 Å². The van der Waals surface area contributed by atoms with Crippen molar-refractivity contribution in [3.63, 3.8) is 0 Å². The molecule has 1 fully saturated rings. The molecule has 0 spiro atoms. The quantitative estimate of drug-likeness (QED) is 0.651. The van der Waals surface area contributed by atoms with Gasteiger partial charge in [-0.3, -0.25) is 4.79 Å². The molecule has 0 heterocycles. The Kier molecular flexibility index (Phi) is 6.52. The molecule has 1 aliphatic carbocycles. The standard InChI is InChI=1S/C13H26N2O2/c1-2-11(16)7-8-15-13(17)12-6-4-3-5-10(12)9-14/h10-12,16H,2-9,14H2,1H3,(H,15,17). The van der Waals surface area contributed by atoms with Crippen LogP contribution in [0, 0.1) is 11.8 Å². The van der Waals surface area contributed by atoms with Gasteiger partial charge in [0.25, 0.3) is 0 Å². The molecule has 0 bridgehead atoms. The molecule has 1 aliphatic rings. The molecule has 1 rings (SSSR count). The van der Waals surface area contributed by atoms with E-state index in [0.717, 1.165) is 25.7 Å². The molecule has 4 nitrogen and oxygen atoms in total. The molecule has 100 valence electrons. The molecule has 0 aromatic carbocycles. The summed E-state index contributed by atoms with van der Waals surface area (Å²) < 4.78 is 0. The normalized spacial score (nSPS) is 26.5. The fraction of sp³-hybridized carbons (Fsp3) is 0.923. The lowest BCUT2D eigenvalue weighted by Crippen LogP contribution is -2.40. The summed E-state index contributed by atoms with van der Waals surface area (Å²) in [6.45, 7) is 3.12. The second kappa shape index (κ2) is 7.67. The molecule has 3 unspecified atom stereocenters. The van der Waals surface area contributed by atoms with Gasteiger partial charge in [0, 0.05) is 12.5 Å². The van der Waals surface area contributed by atoms with Gasteiger partial charge in [-0.25, -0.2) is 0 Å². The van der Waals surface area contributed by atoms with Crippen LogP contribution in [-0.2, 0) is 4.79 Å². The molecule has 4 heteroatoms. The summed E-state index contributed by atoms with van der Waals surface area (Å²) in [5.74, 6) is 0.566. The van der Waals surface area contributed by atoms with Crippen molar-refractivity contribution in [2.24, 2.45) is 17.6 Å². The summed E-state index contributed by atoms with van der Waals surface area (Å²) in [6.07, 6.45) is 5.45. The Morgan fingerprint density at radius 1 is 1.47 bits per heavy atom. The maximum absolute atomic E-state index is 12.0. The summed E-state index contributed by atoms with van der Waals surface area (Å²) in [5, 5.41) is 12.3. The van der Waals surface area contributed by atoms with Crippen molar-refractivity contribution in [2.45, 2.75) is 51.6 Å². The predicted octanol–water partition coefficient (Wildman–Crippen LogP) is 1.03. The summed E-state index contributed by atoms with van der Waals surface area (Å²) in [6, 6.07) is 0. The number of hydrogen-bond donors (Lipinski definition) is 3. The number of amides is 1. The summed E-state index contributed by atoms with van der Waals surface area (Å²) in [5.41, 5.74) is 5.71. The van der Waals surface area contributed by atoms with Crippen LogP contribution in [-0.4, -0.2) is 30.2 Å². The summed E-state index contributed by atoms with van der Waals surface area (Å²) in [4.78, 5) is 12.0. The van der Waals surface area contributed by atoms with Crippen molar-refractivity contribution in [2.75, 3.05) is 13.1 Å². The topological polar surface area (TPSA) is 75.3 Å². The number of nitrogens with two attached hydrogens (primary N) is 1. The summed E-state index contributed by atoms with van der Waals surface area (Å²) in [7, 11) is 0. The molecule has 4 N–H and O–H groups in total. The van der Waals surface area contributed by atoms with Crippen molar-refractivity contribution in [3.05, 3.63) is 0 Å². The first-order chi connectivity index (χ1) is 8.19. The number of aliphatic hydroxyl groups is 1. The first kappa shape index (κ1) is 14.5. The highest BCUT2D eigenvalue weighted by molar-refractivity contribution is 5.79. The highest BCUT2D eigenvalue weighted by Crippen LogP contribution is 2.29. The molecule has 0 aliphatic heterocycles.